The van der Waals surface area contributed by atoms with Crippen LogP contribution in [0.2, 0.25) is 0 Å². The fourth-order valence-electron chi connectivity index (χ4n) is 3.72. The minimum atomic E-state index is 0.225. The van der Waals surface area contributed by atoms with Crippen molar-refractivity contribution in [2.45, 2.75) is 43.7 Å². The second kappa shape index (κ2) is 8.16. The Balaban J connectivity index is 1.44. The van der Waals surface area contributed by atoms with E-state index in [-0.39, 0.29) is 5.54 Å². The molecule has 6 nitrogen and oxygen atoms in total. The summed E-state index contributed by atoms with van der Waals surface area (Å²) in [5.74, 6) is 4.02. The zero-order valence-corrected chi connectivity index (χ0v) is 16.7. The summed E-state index contributed by atoms with van der Waals surface area (Å²) in [5.41, 5.74) is 0.225. The van der Waals surface area contributed by atoms with E-state index in [9.17, 15) is 4.79 Å². The summed E-state index contributed by atoms with van der Waals surface area (Å²) in [6.45, 7) is 2.68. The molecule has 0 aromatic carbocycles. The average molecular weight is 368 g/mol. The number of guanidine groups is 1. The van der Waals surface area contributed by atoms with E-state index in [4.69, 9.17) is 0 Å². The lowest BCUT2D eigenvalue weighted by atomic mass is 9.97. The third-order valence-corrected chi connectivity index (χ3v) is 7.15. The molecule has 0 spiro atoms. The van der Waals surface area contributed by atoms with Crippen LogP contribution in [0.1, 0.15) is 32.1 Å². The number of thioether (sulfide) groups is 1. The van der Waals surface area contributed by atoms with Crippen LogP contribution in [0.4, 0.5) is 0 Å². The van der Waals surface area contributed by atoms with Crippen molar-refractivity contribution in [3.8, 4) is 0 Å². The molecule has 1 aliphatic carbocycles. The van der Waals surface area contributed by atoms with Crippen LogP contribution >= 0.6 is 11.8 Å². The summed E-state index contributed by atoms with van der Waals surface area (Å²) in [6.07, 6.45) is 5.43. The van der Waals surface area contributed by atoms with Gasteiger partial charge in [-0.05, 0) is 52.0 Å². The molecule has 3 aliphatic rings. The van der Waals surface area contributed by atoms with Gasteiger partial charge in [0.2, 0.25) is 5.91 Å². The van der Waals surface area contributed by atoms with Gasteiger partial charge in [-0.25, -0.2) is 0 Å². The molecule has 1 unspecified atom stereocenters. The van der Waals surface area contributed by atoms with Crippen molar-refractivity contribution >= 4 is 23.6 Å². The van der Waals surface area contributed by atoms with Gasteiger partial charge in [-0.2, -0.15) is 11.8 Å². The van der Waals surface area contributed by atoms with Crippen LogP contribution in [0, 0.1) is 5.92 Å². The monoisotopic (exact) mass is 367 g/mol. The molecule has 142 valence electrons. The van der Waals surface area contributed by atoms with Crippen molar-refractivity contribution in [1.29, 1.82) is 0 Å². The Morgan fingerprint density at radius 3 is 2.52 bits per heavy atom. The van der Waals surface area contributed by atoms with E-state index < -0.39 is 0 Å². The zero-order chi connectivity index (χ0) is 17.9. The molecule has 0 aromatic heterocycles. The number of amides is 1. The number of hydrogen-bond acceptors (Lipinski definition) is 4. The molecule has 7 heteroatoms. The van der Waals surface area contributed by atoms with Gasteiger partial charge in [0.05, 0.1) is 0 Å². The predicted molar refractivity (Wildman–Crippen MR) is 105 cm³/mol. The SMILES string of the molecule is CN=C(NCC1(N(C)C)CCSC1)NC1CCN(C(=O)C2CC2)CC1. The Hall–Kier alpha value is -0.950. The normalized spacial score (nSPS) is 28.5. The smallest absolute Gasteiger partial charge is 0.225 e. The highest BCUT2D eigenvalue weighted by Crippen LogP contribution is 2.32. The number of rotatable bonds is 5. The Labute approximate surface area is 156 Å². The van der Waals surface area contributed by atoms with E-state index in [1.165, 1.54) is 17.9 Å². The lowest BCUT2D eigenvalue weighted by Crippen LogP contribution is -2.56. The summed E-state index contributed by atoms with van der Waals surface area (Å²) in [5, 5.41) is 7.11. The van der Waals surface area contributed by atoms with Crippen molar-refractivity contribution in [3.63, 3.8) is 0 Å². The molecule has 0 bridgehead atoms. The number of hydrogen-bond donors (Lipinski definition) is 2. The van der Waals surface area contributed by atoms with E-state index in [1.807, 2.05) is 18.8 Å². The molecule has 0 aromatic rings. The number of carbonyl (C=O) groups excluding carboxylic acids is 1. The molecular formula is C18H33N5OS. The quantitative estimate of drug-likeness (QED) is 0.561. The van der Waals surface area contributed by atoms with Gasteiger partial charge in [-0.15, -0.1) is 0 Å². The van der Waals surface area contributed by atoms with Gasteiger partial charge in [0.15, 0.2) is 5.96 Å². The highest BCUT2D eigenvalue weighted by atomic mass is 32.2. The second-order valence-electron chi connectivity index (χ2n) is 7.87. The summed E-state index contributed by atoms with van der Waals surface area (Å²) in [7, 11) is 6.19. The Morgan fingerprint density at radius 2 is 2.00 bits per heavy atom. The van der Waals surface area contributed by atoms with E-state index in [1.54, 1.807) is 0 Å². The standard InChI is InChI=1S/C18H33N5OS/c1-19-17(20-12-18(22(2)3)8-11-25-13-18)21-15-6-9-23(10-7-15)16(24)14-4-5-14/h14-15H,4-13H2,1-3H3,(H2,19,20,21). The second-order valence-corrected chi connectivity index (χ2v) is 8.97. The number of piperidine rings is 1. The minimum Gasteiger partial charge on any atom is -0.355 e. The first kappa shape index (κ1) is 18.8. The first-order chi connectivity index (χ1) is 12.0. The van der Waals surface area contributed by atoms with Crippen molar-refractivity contribution in [3.05, 3.63) is 0 Å². The Bertz CT molecular complexity index is 492. The molecule has 0 radical (unpaired) electrons. The van der Waals surface area contributed by atoms with Crippen LogP contribution in [-0.2, 0) is 4.79 Å². The van der Waals surface area contributed by atoms with Crippen molar-refractivity contribution < 1.29 is 4.79 Å². The highest BCUT2D eigenvalue weighted by molar-refractivity contribution is 7.99. The maximum absolute atomic E-state index is 12.2. The molecule has 2 saturated heterocycles. The summed E-state index contributed by atoms with van der Waals surface area (Å²) < 4.78 is 0. The van der Waals surface area contributed by atoms with Crippen LogP contribution in [0.3, 0.4) is 0 Å². The summed E-state index contributed by atoms with van der Waals surface area (Å²) in [4.78, 5) is 21.0. The van der Waals surface area contributed by atoms with E-state index in [2.05, 4.69) is 39.5 Å². The maximum atomic E-state index is 12.2. The van der Waals surface area contributed by atoms with Crippen LogP contribution in [-0.4, -0.2) is 85.5 Å². The Kier molecular flexibility index (Phi) is 6.15. The van der Waals surface area contributed by atoms with Gasteiger partial charge in [0.25, 0.3) is 0 Å². The molecule has 3 fully saturated rings. The number of nitrogens with one attached hydrogen (secondary N) is 2. The maximum Gasteiger partial charge on any atom is 0.225 e. The number of nitrogens with zero attached hydrogens (tertiary/aromatic N) is 3. The lowest BCUT2D eigenvalue weighted by molar-refractivity contribution is -0.133. The molecular weight excluding hydrogens is 334 g/mol. The molecule has 1 amide bonds. The third-order valence-electron chi connectivity index (χ3n) is 5.91. The zero-order valence-electron chi connectivity index (χ0n) is 15.9. The number of aliphatic imine (C=N–C) groups is 1. The van der Waals surface area contributed by atoms with Crippen molar-refractivity contribution in [1.82, 2.24) is 20.4 Å². The topological polar surface area (TPSA) is 60.0 Å². The molecule has 1 saturated carbocycles. The van der Waals surface area contributed by atoms with Crippen LogP contribution in [0.15, 0.2) is 4.99 Å². The van der Waals surface area contributed by atoms with Crippen molar-refractivity contribution in [2.24, 2.45) is 10.9 Å². The van der Waals surface area contributed by atoms with Gasteiger partial charge < -0.3 is 20.4 Å². The lowest BCUT2D eigenvalue weighted by Gasteiger charge is -2.37. The van der Waals surface area contributed by atoms with Crippen LogP contribution in [0.25, 0.3) is 0 Å². The fourth-order valence-corrected chi connectivity index (χ4v) is 5.27. The molecule has 3 rings (SSSR count). The largest absolute Gasteiger partial charge is 0.355 e. The summed E-state index contributed by atoms with van der Waals surface area (Å²) in [6, 6.07) is 0.405. The van der Waals surface area contributed by atoms with Gasteiger partial charge in [0.1, 0.15) is 0 Å². The molecule has 2 aliphatic heterocycles. The summed E-state index contributed by atoms with van der Waals surface area (Å²) >= 11 is 2.04. The third kappa shape index (κ3) is 4.61. The predicted octanol–water partition coefficient (Wildman–Crippen LogP) is 0.990. The van der Waals surface area contributed by atoms with E-state index in [0.29, 0.717) is 17.9 Å². The first-order valence-corrected chi connectivity index (χ1v) is 10.7. The van der Waals surface area contributed by atoms with E-state index >= 15 is 0 Å². The average Bonchev–Trinajstić information content (AvgIpc) is 3.36. The first-order valence-electron chi connectivity index (χ1n) is 9.55. The number of likely N-dealkylation sites (N-methyl/N-ethyl adjacent to an activating group) is 1. The van der Waals surface area contributed by atoms with Gasteiger partial charge in [0, 0.05) is 49.9 Å². The van der Waals surface area contributed by atoms with Crippen LogP contribution < -0.4 is 10.6 Å². The highest BCUT2D eigenvalue weighted by Gasteiger charge is 2.37. The van der Waals surface area contributed by atoms with Gasteiger partial charge in [-0.3, -0.25) is 9.79 Å². The van der Waals surface area contributed by atoms with Crippen molar-refractivity contribution in [2.75, 3.05) is 52.3 Å². The van der Waals surface area contributed by atoms with Crippen LogP contribution in [0.5, 0.6) is 0 Å². The molecule has 2 N–H and O–H groups in total. The van der Waals surface area contributed by atoms with E-state index in [0.717, 1.165) is 51.3 Å². The van der Waals surface area contributed by atoms with Gasteiger partial charge in [-0.1, -0.05) is 0 Å². The molecule has 2 heterocycles. The molecule has 1 atom stereocenters. The minimum absolute atomic E-state index is 0.225. The van der Waals surface area contributed by atoms with Gasteiger partial charge >= 0.3 is 0 Å². The fraction of sp³-hybridized carbons (Fsp3) is 0.889. The Morgan fingerprint density at radius 1 is 1.28 bits per heavy atom. The number of likely N-dealkylation sites (tertiary alicyclic amines) is 1. The molecule has 25 heavy (non-hydrogen) atoms. The number of carbonyl (C=O) groups is 1.